The van der Waals surface area contributed by atoms with Gasteiger partial charge in [-0.15, -0.1) is 0 Å². The number of nitrogens with one attached hydrogen (secondary N) is 1. The number of rotatable bonds is 6. The maximum absolute atomic E-state index is 11.8. The summed E-state index contributed by atoms with van der Waals surface area (Å²) in [6, 6.07) is 0. The fourth-order valence-corrected chi connectivity index (χ4v) is 2.74. The first-order valence-electron chi connectivity index (χ1n) is 6.77. The first-order valence-corrected chi connectivity index (χ1v) is 6.77. The van der Waals surface area contributed by atoms with Crippen LogP contribution < -0.4 is 5.32 Å². The van der Waals surface area contributed by atoms with Crippen LogP contribution in [0.3, 0.4) is 0 Å². The average Bonchev–Trinajstić information content (AvgIpc) is 2.58. The van der Waals surface area contributed by atoms with Crippen LogP contribution in [0.15, 0.2) is 0 Å². The van der Waals surface area contributed by atoms with Crippen molar-refractivity contribution in [1.82, 2.24) is 5.32 Å². The van der Waals surface area contributed by atoms with E-state index in [-0.39, 0.29) is 18.7 Å². The summed E-state index contributed by atoms with van der Waals surface area (Å²) >= 11 is 0. The van der Waals surface area contributed by atoms with Crippen LogP contribution in [0.25, 0.3) is 0 Å². The number of hydrogen-bond donors (Lipinski definition) is 2. The van der Waals surface area contributed by atoms with Gasteiger partial charge in [0.1, 0.15) is 0 Å². The van der Waals surface area contributed by atoms with Crippen molar-refractivity contribution in [2.45, 2.75) is 52.9 Å². The van der Waals surface area contributed by atoms with Crippen LogP contribution in [-0.4, -0.2) is 23.5 Å². The molecule has 2 atom stereocenters. The second-order valence-electron chi connectivity index (χ2n) is 6.50. The minimum atomic E-state index is -0.850. The van der Waals surface area contributed by atoms with Crippen LogP contribution in [-0.2, 0) is 9.59 Å². The Labute approximate surface area is 109 Å². The van der Waals surface area contributed by atoms with Gasteiger partial charge >= 0.3 is 5.97 Å². The highest BCUT2D eigenvalue weighted by atomic mass is 16.4. The lowest BCUT2D eigenvalue weighted by Gasteiger charge is -2.22. The van der Waals surface area contributed by atoms with E-state index < -0.39 is 11.4 Å². The van der Waals surface area contributed by atoms with E-state index in [2.05, 4.69) is 12.2 Å². The molecule has 4 heteroatoms. The number of carbonyl (C=O) groups is 2. The zero-order valence-electron chi connectivity index (χ0n) is 11.7. The third kappa shape index (κ3) is 5.52. The number of carboxylic acids is 1. The fraction of sp³-hybridized carbons (Fsp3) is 0.857. The van der Waals surface area contributed by atoms with Gasteiger partial charge in [-0.2, -0.15) is 0 Å². The summed E-state index contributed by atoms with van der Waals surface area (Å²) in [7, 11) is 0. The Kier molecular flexibility index (Phi) is 5.17. The molecule has 2 unspecified atom stereocenters. The maximum Gasteiger partial charge on any atom is 0.303 e. The Morgan fingerprint density at radius 3 is 2.44 bits per heavy atom. The van der Waals surface area contributed by atoms with Gasteiger partial charge in [0.05, 0.1) is 6.42 Å². The van der Waals surface area contributed by atoms with E-state index in [1.54, 1.807) is 0 Å². The van der Waals surface area contributed by atoms with Gasteiger partial charge in [0.25, 0.3) is 0 Å². The third-order valence-electron chi connectivity index (χ3n) is 3.66. The van der Waals surface area contributed by atoms with E-state index in [1.807, 2.05) is 13.8 Å². The van der Waals surface area contributed by atoms with E-state index in [1.165, 1.54) is 19.3 Å². The molecule has 0 bridgehead atoms. The molecule has 1 aliphatic carbocycles. The summed E-state index contributed by atoms with van der Waals surface area (Å²) in [6.45, 7) is 6.63. The second-order valence-corrected chi connectivity index (χ2v) is 6.50. The minimum Gasteiger partial charge on any atom is -0.481 e. The first kappa shape index (κ1) is 15.0. The van der Waals surface area contributed by atoms with Gasteiger partial charge in [-0.05, 0) is 30.1 Å². The molecule has 1 fully saturated rings. The maximum atomic E-state index is 11.8. The molecule has 18 heavy (non-hydrogen) atoms. The molecule has 1 saturated carbocycles. The van der Waals surface area contributed by atoms with Gasteiger partial charge in [0.2, 0.25) is 5.91 Å². The molecule has 4 nitrogen and oxygen atoms in total. The number of amides is 1. The molecule has 1 amide bonds. The number of hydrogen-bond acceptors (Lipinski definition) is 2. The highest BCUT2D eigenvalue weighted by Gasteiger charge is 2.26. The van der Waals surface area contributed by atoms with Crippen molar-refractivity contribution in [3.05, 3.63) is 0 Å². The highest BCUT2D eigenvalue weighted by Crippen LogP contribution is 2.30. The van der Waals surface area contributed by atoms with Crippen LogP contribution in [0.1, 0.15) is 52.9 Å². The van der Waals surface area contributed by atoms with Gasteiger partial charge in [0, 0.05) is 13.0 Å². The lowest BCUT2D eigenvalue weighted by atomic mass is 9.85. The number of carboxylic acid groups (broad SMARTS) is 1. The van der Waals surface area contributed by atoms with Crippen LogP contribution in [0.2, 0.25) is 0 Å². The quantitative estimate of drug-likeness (QED) is 0.766. The van der Waals surface area contributed by atoms with Crippen LogP contribution >= 0.6 is 0 Å². The zero-order chi connectivity index (χ0) is 13.8. The Balaban J connectivity index is 2.26. The van der Waals surface area contributed by atoms with Gasteiger partial charge in [-0.25, -0.2) is 0 Å². The standard InChI is InChI=1S/C14H25NO3/c1-10-4-5-11(6-10)9-15-12(16)7-14(2,3)8-13(17)18/h10-11H,4-9H2,1-3H3,(H,15,16)(H,17,18). The predicted octanol–water partition coefficient (Wildman–Crippen LogP) is 2.43. The van der Waals surface area contributed by atoms with Crippen molar-refractivity contribution in [2.75, 3.05) is 6.54 Å². The molecular weight excluding hydrogens is 230 g/mol. The molecule has 0 saturated heterocycles. The fourth-order valence-electron chi connectivity index (χ4n) is 2.74. The summed E-state index contributed by atoms with van der Waals surface area (Å²) in [4.78, 5) is 22.4. The minimum absolute atomic E-state index is 0.0270. The second kappa shape index (κ2) is 6.21. The Bertz CT molecular complexity index is 312. The Morgan fingerprint density at radius 2 is 1.94 bits per heavy atom. The molecule has 2 N–H and O–H groups in total. The normalized spacial score (nSPS) is 23.9. The molecule has 0 heterocycles. The SMILES string of the molecule is CC1CCC(CNC(=O)CC(C)(C)CC(=O)O)C1. The van der Waals surface area contributed by atoms with E-state index >= 15 is 0 Å². The van der Waals surface area contributed by atoms with E-state index in [4.69, 9.17) is 5.11 Å². The predicted molar refractivity (Wildman–Crippen MR) is 70.2 cm³/mol. The lowest BCUT2D eigenvalue weighted by molar-refractivity contribution is -0.139. The van der Waals surface area contributed by atoms with E-state index in [0.29, 0.717) is 5.92 Å². The molecule has 1 rings (SSSR count). The van der Waals surface area contributed by atoms with E-state index in [0.717, 1.165) is 12.5 Å². The topological polar surface area (TPSA) is 66.4 Å². The van der Waals surface area contributed by atoms with Gasteiger partial charge in [-0.1, -0.05) is 27.2 Å². The molecule has 104 valence electrons. The summed E-state index contributed by atoms with van der Waals surface area (Å²) in [6.07, 6.45) is 3.95. The van der Waals surface area contributed by atoms with Gasteiger partial charge in [0.15, 0.2) is 0 Å². The van der Waals surface area contributed by atoms with Crippen LogP contribution in [0.4, 0.5) is 0 Å². The monoisotopic (exact) mass is 255 g/mol. The summed E-state index contributed by atoms with van der Waals surface area (Å²) < 4.78 is 0. The Morgan fingerprint density at radius 1 is 1.28 bits per heavy atom. The molecule has 0 aromatic rings. The number of aliphatic carboxylic acids is 1. The largest absolute Gasteiger partial charge is 0.481 e. The summed E-state index contributed by atoms with van der Waals surface area (Å²) in [5.41, 5.74) is -0.473. The molecule has 1 aliphatic rings. The van der Waals surface area contributed by atoms with Crippen molar-refractivity contribution in [1.29, 1.82) is 0 Å². The summed E-state index contributed by atoms with van der Waals surface area (Å²) in [5, 5.41) is 11.7. The number of carbonyl (C=O) groups excluding carboxylic acids is 1. The van der Waals surface area contributed by atoms with Crippen molar-refractivity contribution >= 4 is 11.9 Å². The molecule has 0 radical (unpaired) electrons. The molecule has 0 aromatic heterocycles. The van der Waals surface area contributed by atoms with Crippen LogP contribution in [0, 0.1) is 17.3 Å². The van der Waals surface area contributed by atoms with Crippen molar-refractivity contribution in [3.63, 3.8) is 0 Å². The molecule has 0 aromatic carbocycles. The van der Waals surface area contributed by atoms with E-state index in [9.17, 15) is 9.59 Å². The van der Waals surface area contributed by atoms with Crippen molar-refractivity contribution in [3.8, 4) is 0 Å². The zero-order valence-corrected chi connectivity index (χ0v) is 11.7. The molecule has 0 aliphatic heterocycles. The van der Waals surface area contributed by atoms with Gasteiger partial charge in [-0.3, -0.25) is 9.59 Å². The smallest absolute Gasteiger partial charge is 0.303 e. The first-order chi connectivity index (χ1) is 8.28. The van der Waals surface area contributed by atoms with Gasteiger partial charge < -0.3 is 10.4 Å². The molecular formula is C14H25NO3. The summed E-state index contributed by atoms with van der Waals surface area (Å²) in [5.74, 6) is 0.500. The van der Waals surface area contributed by atoms with Crippen molar-refractivity contribution in [2.24, 2.45) is 17.3 Å². The third-order valence-corrected chi connectivity index (χ3v) is 3.66. The molecule has 0 spiro atoms. The Hall–Kier alpha value is -1.06. The highest BCUT2D eigenvalue weighted by molar-refractivity contribution is 5.77. The average molecular weight is 255 g/mol. The lowest BCUT2D eigenvalue weighted by Crippen LogP contribution is -2.33. The van der Waals surface area contributed by atoms with Crippen molar-refractivity contribution < 1.29 is 14.7 Å². The van der Waals surface area contributed by atoms with Crippen LogP contribution in [0.5, 0.6) is 0 Å².